The Balaban J connectivity index is 1.87. The molecule has 0 bridgehead atoms. The molecule has 176 valence electrons. The zero-order valence-electron chi connectivity index (χ0n) is 18.7. The van der Waals surface area contributed by atoms with Crippen molar-refractivity contribution >= 4 is 23.1 Å². The minimum Gasteiger partial charge on any atom is -0.381 e. The van der Waals surface area contributed by atoms with Crippen LogP contribution in [0, 0.1) is 6.92 Å². The molecule has 1 heterocycles. The third-order valence-corrected chi connectivity index (χ3v) is 5.28. The molecule has 2 aromatic carbocycles. The summed E-state index contributed by atoms with van der Waals surface area (Å²) < 4.78 is 44.9. The molecule has 2 amide bonds. The lowest BCUT2D eigenvalue weighted by Gasteiger charge is -2.15. The van der Waals surface area contributed by atoms with E-state index in [1.54, 1.807) is 12.1 Å². The summed E-state index contributed by atoms with van der Waals surface area (Å²) in [6, 6.07) is 11.6. The van der Waals surface area contributed by atoms with Crippen molar-refractivity contribution in [2.75, 3.05) is 25.1 Å². The number of unbranched alkanes of at least 4 members (excludes halogenated alkanes) is 1. The Morgan fingerprint density at radius 1 is 0.970 bits per heavy atom. The monoisotopic (exact) mass is 460 g/mol. The molecule has 3 rings (SSSR count). The average Bonchev–Trinajstić information content (AvgIpc) is 3.00. The maximum absolute atomic E-state index is 13.2. The fraction of sp³-hybridized carbons (Fsp3) is 0.360. The standard InChI is InChI=1S/C25H27F3N2O3/c1-3-4-14-33-15-6-13-30-23(31)21(18-11-9-17(2)10-12-18)22(24(30)32)29-20-8-5-7-19(16-20)25(26,27)28/h5,7-12,16,29H,3-4,6,13-15H2,1-2H3. The van der Waals surface area contributed by atoms with Crippen LogP contribution < -0.4 is 5.32 Å². The number of nitrogens with zero attached hydrogens (tertiary/aromatic N) is 1. The number of amides is 2. The first-order valence-electron chi connectivity index (χ1n) is 10.9. The van der Waals surface area contributed by atoms with E-state index in [2.05, 4.69) is 12.2 Å². The number of nitrogens with one attached hydrogen (secondary N) is 1. The lowest BCUT2D eigenvalue weighted by molar-refractivity contribution is -0.138. The number of benzene rings is 2. The van der Waals surface area contributed by atoms with Crippen LogP contribution in [0.5, 0.6) is 0 Å². The van der Waals surface area contributed by atoms with E-state index in [-0.39, 0.29) is 23.5 Å². The van der Waals surface area contributed by atoms with E-state index in [1.807, 2.05) is 19.1 Å². The maximum Gasteiger partial charge on any atom is 0.416 e. The Morgan fingerprint density at radius 3 is 2.33 bits per heavy atom. The Labute approximate surface area is 191 Å². The smallest absolute Gasteiger partial charge is 0.381 e. The number of carbonyl (C=O) groups excluding carboxylic acids is 2. The van der Waals surface area contributed by atoms with Crippen molar-refractivity contribution in [2.24, 2.45) is 0 Å². The largest absolute Gasteiger partial charge is 0.416 e. The lowest BCUT2D eigenvalue weighted by Crippen LogP contribution is -2.34. The summed E-state index contributed by atoms with van der Waals surface area (Å²) in [4.78, 5) is 27.4. The zero-order valence-corrected chi connectivity index (χ0v) is 18.7. The van der Waals surface area contributed by atoms with E-state index in [0.29, 0.717) is 25.2 Å². The number of aryl methyl sites for hydroxylation is 1. The maximum atomic E-state index is 13.2. The summed E-state index contributed by atoms with van der Waals surface area (Å²) in [5, 5.41) is 2.78. The van der Waals surface area contributed by atoms with Crippen LogP contribution in [0.2, 0.25) is 0 Å². The molecular formula is C25H27F3N2O3. The quantitative estimate of drug-likeness (QED) is 0.380. The van der Waals surface area contributed by atoms with Crippen LogP contribution in [-0.4, -0.2) is 36.5 Å². The van der Waals surface area contributed by atoms with E-state index in [9.17, 15) is 22.8 Å². The number of alkyl halides is 3. The van der Waals surface area contributed by atoms with Crippen molar-refractivity contribution in [2.45, 2.75) is 39.3 Å². The highest BCUT2D eigenvalue weighted by Crippen LogP contribution is 2.34. The first-order chi connectivity index (χ1) is 15.7. The topological polar surface area (TPSA) is 58.6 Å². The van der Waals surface area contributed by atoms with Crippen LogP contribution >= 0.6 is 0 Å². The van der Waals surface area contributed by atoms with Gasteiger partial charge in [-0.15, -0.1) is 0 Å². The number of halogens is 3. The number of imide groups is 1. The minimum atomic E-state index is -4.52. The summed E-state index contributed by atoms with van der Waals surface area (Å²) in [5.74, 6) is -1.05. The van der Waals surface area contributed by atoms with Gasteiger partial charge in [0.15, 0.2) is 0 Å². The molecule has 0 atom stereocenters. The second-order valence-corrected chi connectivity index (χ2v) is 7.90. The number of hydrogen-bond donors (Lipinski definition) is 1. The van der Waals surface area contributed by atoms with Gasteiger partial charge in [0.25, 0.3) is 11.8 Å². The summed E-state index contributed by atoms with van der Waals surface area (Å²) >= 11 is 0. The number of carbonyl (C=O) groups is 2. The summed E-state index contributed by atoms with van der Waals surface area (Å²) in [5.41, 5.74) is 0.845. The third kappa shape index (κ3) is 6.01. The van der Waals surface area contributed by atoms with Gasteiger partial charge >= 0.3 is 6.18 Å². The van der Waals surface area contributed by atoms with E-state index in [1.165, 1.54) is 12.1 Å². The SMILES string of the molecule is CCCCOCCCN1C(=O)C(Nc2cccc(C(F)(F)F)c2)=C(c2ccc(C)cc2)C1=O. The van der Waals surface area contributed by atoms with Crippen LogP contribution in [-0.2, 0) is 20.5 Å². The second kappa shape index (κ2) is 10.7. The van der Waals surface area contributed by atoms with Gasteiger partial charge in [-0.25, -0.2) is 0 Å². The van der Waals surface area contributed by atoms with Gasteiger partial charge in [-0.05, 0) is 43.5 Å². The summed E-state index contributed by atoms with van der Waals surface area (Å²) in [6.07, 6.45) is -2.10. The molecule has 0 spiro atoms. The first kappa shape index (κ1) is 24.5. The molecule has 0 unspecified atom stereocenters. The van der Waals surface area contributed by atoms with Crippen LogP contribution in [0.3, 0.4) is 0 Å². The highest BCUT2D eigenvalue weighted by molar-refractivity contribution is 6.36. The Kier molecular flexibility index (Phi) is 7.92. The van der Waals surface area contributed by atoms with Gasteiger partial charge in [0.2, 0.25) is 0 Å². The minimum absolute atomic E-state index is 0.0323. The van der Waals surface area contributed by atoms with Crippen molar-refractivity contribution in [3.05, 3.63) is 70.9 Å². The third-order valence-electron chi connectivity index (χ3n) is 5.28. The van der Waals surface area contributed by atoms with Gasteiger partial charge in [0, 0.05) is 25.4 Å². The van der Waals surface area contributed by atoms with Crippen LogP contribution in [0.1, 0.15) is 42.9 Å². The molecule has 33 heavy (non-hydrogen) atoms. The van der Waals surface area contributed by atoms with E-state index >= 15 is 0 Å². The van der Waals surface area contributed by atoms with Gasteiger partial charge in [0.05, 0.1) is 11.1 Å². The normalized spacial score (nSPS) is 14.4. The Bertz CT molecular complexity index is 1030. The van der Waals surface area contributed by atoms with E-state index in [4.69, 9.17) is 4.74 Å². The van der Waals surface area contributed by atoms with Gasteiger partial charge in [0.1, 0.15) is 5.70 Å². The van der Waals surface area contributed by atoms with Crippen LogP contribution in [0.4, 0.5) is 18.9 Å². The molecule has 0 fully saturated rings. The van der Waals surface area contributed by atoms with Crippen LogP contribution in [0.25, 0.3) is 5.57 Å². The number of anilines is 1. The van der Waals surface area contributed by atoms with Gasteiger partial charge < -0.3 is 10.1 Å². The summed E-state index contributed by atoms with van der Waals surface area (Å²) in [6.45, 7) is 5.14. The zero-order chi connectivity index (χ0) is 24.0. The van der Waals surface area contributed by atoms with E-state index in [0.717, 1.165) is 35.4 Å². The lowest BCUT2D eigenvalue weighted by atomic mass is 10.0. The van der Waals surface area contributed by atoms with E-state index < -0.39 is 23.6 Å². The summed E-state index contributed by atoms with van der Waals surface area (Å²) in [7, 11) is 0. The molecule has 5 nitrogen and oxygen atoms in total. The fourth-order valence-corrected chi connectivity index (χ4v) is 3.47. The first-order valence-corrected chi connectivity index (χ1v) is 10.9. The van der Waals surface area contributed by atoms with Crippen molar-refractivity contribution in [3.63, 3.8) is 0 Å². The molecule has 1 N–H and O–H groups in total. The molecule has 8 heteroatoms. The highest BCUT2D eigenvalue weighted by atomic mass is 19.4. The van der Waals surface area contributed by atoms with Crippen molar-refractivity contribution in [1.29, 1.82) is 0 Å². The molecule has 0 aliphatic carbocycles. The van der Waals surface area contributed by atoms with Gasteiger partial charge in [-0.3, -0.25) is 14.5 Å². The van der Waals surface area contributed by atoms with Crippen molar-refractivity contribution in [1.82, 2.24) is 4.90 Å². The average molecular weight is 460 g/mol. The van der Waals surface area contributed by atoms with Crippen LogP contribution in [0.15, 0.2) is 54.2 Å². The Hall–Kier alpha value is -3.13. The molecule has 2 aromatic rings. The molecule has 0 aromatic heterocycles. The molecule has 0 radical (unpaired) electrons. The van der Waals surface area contributed by atoms with Crippen molar-refractivity contribution < 1.29 is 27.5 Å². The molecule has 0 saturated carbocycles. The second-order valence-electron chi connectivity index (χ2n) is 7.90. The molecular weight excluding hydrogens is 433 g/mol. The predicted molar refractivity (Wildman–Crippen MR) is 120 cm³/mol. The van der Waals surface area contributed by atoms with Gasteiger partial charge in [-0.1, -0.05) is 49.2 Å². The molecule has 1 aliphatic heterocycles. The number of ether oxygens (including phenoxy) is 1. The molecule has 1 aliphatic rings. The number of rotatable bonds is 10. The molecule has 0 saturated heterocycles. The predicted octanol–water partition coefficient (Wildman–Crippen LogP) is 5.41. The number of hydrogen-bond acceptors (Lipinski definition) is 4. The Morgan fingerprint density at radius 2 is 1.67 bits per heavy atom. The van der Waals surface area contributed by atoms with Gasteiger partial charge in [-0.2, -0.15) is 13.2 Å². The fourth-order valence-electron chi connectivity index (χ4n) is 3.47. The highest BCUT2D eigenvalue weighted by Gasteiger charge is 2.39. The van der Waals surface area contributed by atoms with Crippen molar-refractivity contribution in [3.8, 4) is 0 Å².